The predicted molar refractivity (Wildman–Crippen MR) is 132 cm³/mol. The molecule has 0 N–H and O–H groups in total. The highest BCUT2D eigenvalue weighted by Gasteiger charge is 2.68. The Balaban J connectivity index is 1.68. The molecule has 0 spiro atoms. The highest BCUT2D eigenvalue weighted by Crippen LogP contribution is 2.57. The van der Waals surface area contributed by atoms with Gasteiger partial charge in [0.2, 0.25) is 0 Å². The van der Waals surface area contributed by atoms with Crippen LogP contribution in [0, 0.1) is 48.3 Å². The van der Waals surface area contributed by atoms with E-state index in [4.69, 9.17) is 16.0 Å². The van der Waals surface area contributed by atoms with Crippen LogP contribution in [0.25, 0.3) is 0 Å². The van der Waals surface area contributed by atoms with Gasteiger partial charge in [-0.2, -0.15) is 10.5 Å². The summed E-state index contributed by atoms with van der Waals surface area (Å²) in [6, 6.07) is 14.0. The lowest BCUT2D eigenvalue weighted by atomic mass is 9.62. The third-order valence-electron chi connectivity index (χ3n) is 7.32. The van der Waals surface area contributed by atoms with Crippen molar-refractivity contribution in [3.8, 4) is 12.1 Å². The number of nitriles is 2. The van der Waals surface area contributed by atoms with Gasteiger partial charge in [-0.15, -0.1) is 0 Å². The van der Waals surface area contributed by atoms with Gasteiger partial charge >= 0.3 is 0 Å². The number of pyridine rings is 1. The second-order valence-electron chi connectivity index (χ2n) is 9.22. The Hall–Kier alpha value is -4.36. The average Bonchev–Trinajstić information content (AvgIpc) is 3.59. The van der Waals surface area contributed by atoms with E-state index < -0.39 is 39.4 Å². The van der Waals surface area contributed by atoms with Crippen LogP contribution in [0.15, 0.2) is 65.4 Å². The molecule has 13 heteroatoms. The predicted octanol–water partition coefficient (Wildman–Crippen LogP) is 3.90. The number of halogens is 1. The Morgan fingerprint density at radius 2 is 1.84 bits per heavy atom. The third kappa shape index (κ3) is 4.05. The van der Waals surface area contributed by atoms with Crippen LogP contribution in [0.2, 0.25) is 5.15 Å². The molecule has 2 aliphatic rings. The monoisotopic (exact) mass is 533 g/mol. The number of furan rings is 1. The van der Waals surface area contributed by atoms with E-state index in [1.807, 2.05) is 4.90 Å². The summed E-state index contributed by atoms with van der Waals surface area (Å²) in [6.45, 7) is 1.06. The SMILES string of the molecule is N#CC1(C#N)C(c2ccco2)C([N+](=O)[O-])C2N(Cc3ccc(Cl)nc3)CCN2C1c1ccc([N+](=O)[O-])cc1. The first kappa shape index (κ1) is 25.3. The maximum absolute atomic E-state index is 12.7. The van der Waals surface area contributed by atoms with Crippen LogP contribution in [0.3, 0.4) is 0 Å². The molecule has 2 fully saturated rings. The van der Waals surface area contributed by atoms with Gasteiger partial charge in [0.15, 0.2) is 5.41 Å². The third-order valence-corrected chi connectivity index (χ3v) is 7.54. The molecular weight excluding hydrogens is 514 g/mol. The molecule has 2 aromatic heterocycles. The Morgan fingerprint density at radius 3 is 2.39 bits per heavy atom. The molecule has 12 nitrogen and oxygen atoms in total. The fourth-order valence-corrected chi connectivity index (χ4v) is 5.91. The van der Waals surface area contributed by atoms with Gasteiger partial charge in [0, 0.05) is 42.9 Å². The van der Waals surface area contributed by atoms with Gasteiger partial charge in [-0.1, -0.05) is 29.8 Å². The molecule has 3 aromatic rings. The quantitative estimate of drug-likeness (QED) is 0.257. The maximum atomic E-state index is 12.7. The number of non-ortho nitro benzene ring substituents is 1. The molecule has 0 bridgehead atoms. The lowest BCUT2D eigenvalue weighted by Crippen LogP contribution is -2.64. The van der Waals surface area contributed by atoms with Crippen molar-refractivity contribution in [1.82, 2.24) is 14.8 Å². The number of piperidine rings is 1. The second-order valence-corrected chi connectivity index (χ2v) is 9.61. The number of nitrogens with zero attached hydrogens (tertiary/aromatic N) is 7. The summed E-state index contributed by atoms with van der Waals surface area (Å²) in [5.74, 6) is -1.07. The molecule has 2 saturated heterocycles. The van der Waals surface area contributed by atoms with Crippen molar-refractivity contribution >= 4 is 17.3 Å². The number of nitro groups is 2. The van der Waals surface area contributed by atoms with Gasteiger partial charge in [-0.3, -0.25) is 30.0 Å². The lowest BCUT2D eigenvalue weighted by molar-refractivity contribution is -0.547. The summed E-state index contributed by atoms with van der Waals surface area (Å²) in [5.41, 5.74) is -0.820. The Kier molecular flexibility index (Phi) is 6.55. The van der Waals surface area contributed by atoms with Crippen molar-refractivity contribution < 1.29 is 14.3 Å². The van der Waals surface area contributed by atoms with Gasteiger partial charge in [0.25, 0.3) is 11.7 Å². The van der Waals surface area contributed by atoms with Crippen molar-refractivity contribution in [1.29, 1.82) is 10.5 Å². The molecule has 4 atom stereocenters. The summed E-state index contributed by atoms with van der Waals surface area (Å²) in [4.78, 5) is 30.8. The minimum absolute atomic E-state index is 0.148. The van der Waals surface area contributed by atoms with Gasteiger partial charge in [0.1, 0.15) is 23.0 Å². The highest BCUT2D eigenvalue weighted by molar-refractivity contribution is 6.29. The van der Waals surface area contributed by atoms with Crippen LogP contribution >= 0.6 is 11.6 Å². The van der Waals surface area contributed by atoms with E-state index in [0.29, 0.717) is 30.4 Å². The topological polar surface area (TPSA) is 166 Å². The molecule has 0 saturated carbocycles. The Bertz CT molecular complexity index is 1420. The zero-order valence-corrected chi connectivity index (χ0v) is 20.5. The standard InChI is InChI=1S/C25H20ClN7O5/c26-20-8-3-16(12-29-20)13-30-9-10-31-23(17-4-6-18(7-5-17)32(34)35)25(14-27,15-28)21(19-2-1-11-38-19)22(24(30)31)33(36)37/h1-8,11-12,21-24H,9-10,13H2. The number of hydrogen-bond acceptors (Lipinski definition) is 10. The molecule has 1 aromatic carbocycles. The van der Waals surface area contributed by atoms with Gasteiger partial charge in [-0.25, -0.2) is 4.98 Å². The minimum Gasteiger partial charge on any atom is -0.469 e. The summed E-state index contributed by atoms with van der Waals surface area (Å²) in [5, 5.41) is 45.3. The van der Waals surface area contributed by atoms with E-state index in [1.165, 1.54) is 36.6 Å². The van der Waals surface area contributed by atoms with Crippen LogP contribution in [0.4, 0.5) is 5.69 Å². The van der Waals surface area contributed by atoms with E-state index in [1.54, 1.807) is 29.3 Å². The van der Waals surface area contributed by atoms with E-state index >= 15 is 0 Å². The highest BCUT2D eigenvalue weighted by atomic mass is 35.5. The van der Waals surface area contributed by atoms with Gasteiger partial charge in [-0.05, 0) is 29.3 Å². The van der Waals surface area contributed by atoms with Crippen LogP contribution in [-0.2, 0) is 6.54 Å². The normalized spacial score (nSPS) is 24.7. The van der Waals surface area contributed by atoms with Gasteiger partial charge in [0.05, 0.1) is 29.4 Å². The Labute approximate surface area is 221 Å². The zero-order valence-electron chi connectivity index (χ0n) is 19.8. The van der Waals surface area contributed by atoms with Crippen molar-refractivity contribution in [2.45, 2.75) is 30.7 Å². The fourth-order valence-electron chi connectivity index (χ4n) is 5.80. The van der Waals surface area contributed by atoms with Crippen molar-refractivity contribution in [2.75, 3.05) is 13.1 Å². The lowest BCUT2D eigenvalue weighted by Gasteiger charge is -2.50. The molecule has 5 rings (SSSR count). The van der Waals surface area contributed by atoms with Crippen molar-refractivity contribution in [2.24, 2.45) is 5.41 Å². The summed E-state index contributed by atoms with van der Waals surface area (Å²) in [6.07, 6.45) is 2.14. The van der Waals surface area contributed by atoms with E-state index in [2.05, 4.69) is 17.1 Å². The molecule has 2 aliphatic heterocycles. The minimum atomic E-state index is -1.93. The number of aromatic nitrogens is 1. The molecule has 0 aliphatic carbocycles. The molecule has 0 amide bonds. The average molecular weight is 534 g/mol. The van der Waals surface area contributed by atoms with E-state index in [9.17, 15) is 30.8 Å². The summed E-state index contributed by atoms with van der Waals surface area (Å²) < 4.78 is 5.60. The fraction of sp³-hybridized carbons (Fsp3) is 0.320. The number of benzene rings is 1. The maximum Gasteiger partial charge on any atom is 0.269 e. The van der Waals surface area contributed by atoms with Crippen molar-refractivity contribution in [3.63, 3.8) is 0 Å². The number of rotatable bonds is 6. The number of hydrogen-bond donors (Lipinski definition) is 0. The van der Waals surface area contributed by atoms with Gasteiger partial charge < -0.3 is 4.42 Å². The van der Waals surface area contributed by atoms with Crippen molar-refractivity contribution in [3.05, 3.63) is 103 Å². The number of fused-ring (bicyclic) bond motifs is 1. The first-order valence-corrected chi connectivity index (χ1v) is 12.0. The van der Waals surface area contributed by atoms with Crippen LogP contribution in [-0.4, -0.2) is 49.9 Å². The molecule has 0 radical (unpaired) electrons. The molecule has 4 heterocycles. The second kappa shape index (κ2) is 9.84. The zero-order chi connectivity index (χ0) is 27.0. The smallest absolute Gasteiger partial charge is 0.269 e. The van der Waals surface area contributed by atoms with E-state index in [0.717, 1.165) is 5.56 Å². The first-order valence-electron chi connectivity index (χ1n) is 11.6. The van der Waals surface area contributed by atoms with Crippen LogP contribution < -0.4 is 0 Å². The molecular formula is C25H20ClN7O5. The van der Waals surface area contributed by atoms with E-state index in [-0.39, 0.29) is 11.4 Å². The Morgan fingerprint density at radius 1 is 1.11 bits per heavy atom. The first-order chi connectivity index (χ1) is 18.3. The molecule has 192 valence electrons. The number of nitro benzene ring substituents is 1. The largest absolute Gasteiger partial charge is 0.469 e. The van der Waals surface area contributed by atoms with Crippen LogP contribution in [0.5, 0.6) is 0 Å². The molecule has 4 unspecified atom stereocenters. The summed E-state index contributed by atoms with van der Waals surface area (Å²) >= 11 is 5.92. The molecule has 38 heavy (non-hydrogen) atoms. The van der Waals surface area contributed by atoms with Crippen LogP contribution in [0.1, 0.15) is 28.8 Å². The summed E-state index contributed by atoms with van der Waals surface area (Å²) in [7, 11) is 0.